The fraction of sp³-hybridized carbons (Fsp3) is 0.294. The van der Waals surface area contributed by atoms with Crippen molar-refractivity contribution in [1.29, 1.82) is 0 Å². The molecule has 0 radical (unpaired) electrons. The van der Waals surface area contributed by atoms with E-state index in [0.29, 0.717) is 33.9 Å². The normalized spacial score (nSPS) is 15.0. The second-order valence-corrected chi connectivity index (χ2v) is 9.56. The van der Waals surface area contributed by atoms with Gasteiger partial charge in [-0.1, -0.05) is 29.2 Å². The molecule has 0 aliphatic heterocycles. The van der Waals surface area contributed by atoms with Gasteiger partial charge in [0.05, 0.1) is 5.69 Å². The van der Waals surface area contributed by atoms with Gasteiger partial charge in [-0.05, 0) is 43.5 Å². The minimum Gasteiger partial charge on any atom is -0.339 e. The first-order chi connectivity index (χ1) is 12.4. The lowest BCUT2D eigenvalue weighted by molar-refractivity contribution is 0.292. The Morgan fingerprint density at radius 3 is 2.85 bits per heavy atom. The number of nitrogens with zero attached hydrogens (tertiary/aromatic N) is 2. The van der Waals surface area contributed by atoms with Crippen molar-refractivity contribution in [3.05, 3.63) is 46.1 Å². The molecule has 0 saturated heterocycles. The van der Waals surface area contributed by atoms with Crippen LogP contribution in [0.25, 0.3) is 11.4 Å². The smallest absolute Gasteiger partial charge is 0.271 e. The number of hydrogen-bond acceptors (Lipinski definition) is 6. The number of thiophene rings is 1. The summed E-state index contributed by atoms with van der Waals surface area (Å²) in [5.74, 6) is 1.39. The second kappa shape index (κ2) is 6.68. The molecule has 1 fully saturated rings. The number of aryl methyl sites for hydroxylation is 1. The zero-order valence-electron chi connectivity index (χ0n) is 13.9. The number of hydrogen-bond donors (Lipinski definition) is 1. The standard InChI is InChI=1S/C17H16ClN3O3S2/c1-10-5-6-13(18)8-14(10)21-26(22,23)15-7-12(9-25-15)16-19-17(24-20-16)11-3-2-4-11/h5-9,11,21H,2-4H2,1H3. The Morgan fingerprint density at radius 1 is 1.31 bits per heavy atom. The van der Waals surface area contributed by atoms with Crippen LogP contribution in [0, 0.1) is 6.92 Å². The number of aromatic nitrogens is 2. The first-order valence-corrected chi connectivity index (χ1v) is 10.9. The van der Waals surface area contributed by atoms with Gasteiger partial charge in [0.25, 0.3) is 10.0 Å². The van der Waals surface area contributed by atoms with Crippen LogP contribution in [0.2, 0.25) is 5.02 Å². The van der Waals surface area contributed by atoms with E-state index in [0.717, 1.165) is 29.7 Å². The maximum Gasteiger partial charge on any atom is 0.271 e. The SMILES string of the molecule is Cc1ccc(Cl)cc1NS(=O)(=O)c1cc(-c2noc(C3CCC3)n2)cs1. The third kappa shape index (κ3) is 3.36. The molecular weight excluding hydrogens is 394 g/mol. The zero-order chi connectivity index (χ0) is 18.3. The van der Waals surface area contributed by atoms with E-state index >= 15 is 0 Å². The van der Waals surface area contributed by atoms with Gasteiger partial charge in [-0.15, -0.1) is 11.3 Å². The van der Waals surface area contributed by atoms with Gasteiger partial charge in [-0.25, -0.2) is 8.42 Å². The highest BCUT2D eigenvalue weighted by molar-refractivity contribution is 7.94. The Labute approximate surface area is 160 Å². The molecule has 2 heterocycles. The van der Waals surface area contributed by atoms with E-state index in [4.69, 9.17) is 16.1 Å². The van der Waals surface area contributed by atoms with E-state index in [1.54, 1.807) is 29.6 Å². The minimum absolute atomic E-state index is 0.182. The van der Waals surface area contributed by atoms with Gasteiger partial charge in [0.2, 0.25) is 11.7 Å². The lowest BCUT2D eigenvalue weighted by Gasteiger charge is -2.20. The lowest BCUT2D eigenvalue weighted by atomic mass is 9.85. The summed E-state index contributed by atoms with van der Waals surface area (Å²) in [5, 5.41) is 6.17. The number of nitrogens with one attached hydrogen (secondary N) is 1. The molecule has 0 atom stereocenters. The van der Waals surface area contributed by atoms with E-state index < -0.39 is 10.0 Å². The van der Waals surface area contributed by atoms with E-state index in [9.17, 15) is 8.42 Å². The van der Waals surface area contributed by atoms with E-state index in [2.05, 4.69) is 14.9 Å². The summed E-state index contributed by atoms with van der Waals surface area (Å²) in [7, 11) is -3.72. The molecule has 1 saturated carbocycles. The highest BCUT2D eigenvalue weighted by Crippen LogP contribution is 2.36. The molecule has 2 aromatic heterocycles. The predicted molar refractivity (Wildman–Crippen MR) is 101 cm³/mol. The quantitative estimate of drug-likeness (QED) is 0.652. The summed E-state index contributed by atoms with van der Waals surface area (Å²) in [6.45, 7) is 1.81. The van der Waals surface area contributed by atoms with Gasteiger partial charge < -0.3 is 4.52 Å². The Morgan fingerprint density at radius 2 is 2.12 bits per heavy atom. The molecule has 1 aromatic carbocycles. The molecular formula is C17H16ClN3O3S2. The van der Waals surface area contributed by atoms with E-state index in [1.165, 1.54) is 6.42 Å². The molecule has 0 unspecified atom stereocenters. The number of sulfonamides is 1. The van der Waals surface area contributed by atoms with Crippen LogP contribution in [0.3, 0.4) is 0 Å². The average Bonchev–Trinajstić information content (AvgIpc) is 3.18. The number of anilines is 1. The third-order valence-corrected chi connectivity index (χ3v) is 7.48. The van der Waals surface area contributed by atoms with Crippen LogP contribution in [0.4, 0.5) is 5.69 Å². The topological polar surface area (TPSA) is 85.1 Å². The Kier molecular flexibility index (Phi) is 4.50. The Hall–Kier alpha value is -1.90. The number of halogens is 1. The summed E-state index contributed by atoms with van der Waals surface area (Å²) < 4.78 is 33.4. The van der Waals surface area contributed by atoms with Crippen molar-refractivity contribution < 1.29 is 12.9 Å². The van der Waals surface area contributed by atoms with Crippen molar-refractivity contribution >= 4 is 38.6 Å². The predicted octanol–water partition coefficient (Wildman–Crippen LogP) is 4.83. The van der Waals surface area contributed by atoms with Gasteiger partial charge in [-0.3, -0.25) is 4.72 Å². The maximum absolute atomic E-state index is 12.7. The van der Waals surface area contributed by atoms with Crippen LogP contribution in [0.1, 0.15) is 36.6 Å². The second-order valence-electron chi connectivity index (χ2n) is 6.30. The molecule has 3 aromatic rings. The first kappa shape index (κ1) is 17.5. The van der Waals surface area contributed by atoms with Crippen molar-refractivity contribution in [2.24, 2.45) is 0 Å². The van der Waals surface area contributed by atoms with E-state index in [-0.39, 0.29) is 4.21 Å². The van der Waals surface area contributed by atoms with Crippen LogP contribution < -0.4 is 4.72 Å². The monoisotopic (exact) mass is 409 g/mol. The third-order valence-electron chi connectivity index (χ3n) is 4.44. The van der Waals surface area contributed by atoms with Crippen molar-refractivity contribution in [2.45, 2.75) is 36.3 Å². The van der Waals surface area contributed by atoms with Crippen LogP contribution in [0.15, 0.2) is 38.4 Å². The fourth-order valence-corrected chi connectivity index (χ4v) is 5.10. The van der Waals surface area contributed by atoms with Crippen molar-refractivity contribution in [3.63, 3.8) is 0 Å². The summed E-state index contributed by atoms with van der Waals surface area (Å²) in [5.41, 5.74) is 1.88. The molecule has 0 spiro atoms. The molecule has 1 N–H and O–H groups in total. The van der Waals surface area contributed by atoms with Crippen molar-refractivity contribution in [3.8, 4) is 11.4 Å². The van der Waals surface area contributed by atoms with Gasteiger partial charge >= 0.3 is 0 Å². The van der Waals surface area contributed by atoms with Crippen molar-refractivity contribution in [1.82, 2.24) is 10.1 Å². The van der Waals surface area contributed by atoms with Gasteiger partial charge in [0.1, 0.15) is 4.21 Å². The van der Waals surface area contributed by atoms with Crippen molar-refractivity contribution in [2.75, 3.05) is 4.72 Å². The molecule has 136 valence electrons. The first-order valence-electron chi connectivity index (χ1n) is 8.14. The largest absolute Gasteiger partial charge is 0.339 e. The Bertz CT molecular complexity index is 1050. The maximum atomic E-state index is 12.7. The molecule has 0 amide bonds. The number of rotatable bonds is 5. The molecule has 4 rings (SSSR count). The molecule has 1 aliphatic rings. The van der Waals surface area contributed by atoms with Crippen LogP contribution in [-0.4, -0.2) is 18.6 Å². The van der Waals surface area contributed by atoms with Gasteiger partial charge in [0, 0.05) is 21.9 Å². The van der Waals surface area contributed by atoms with Gasteiger partial charge in [0.15, 0.2) is 0 Å². The minimum atomic E-state index is -3.72. The highest BCUT2D eigenvalue weighted by atomic mass is 35.5. The van der Waals surface area contributed by atoms with E-state index in [1.807, 2.05) is 6.92 Å². The number of benzene rings is 1. The Balaban J connectivity index is 1.58. The fourth-order valence-electron chi connectivity index (χ4n) is 2.65. The summed E-state index contributed by atoms with van der Waals surface area (Å²) in [4.78, 5) is 4.40. The average molecular weight is 410 g/mol. The molecule has 6 nitrogen and oxygen atoms in total. The zero-order valence-corrected chi connectivity index (χ0v) is 16.3. The highest BCUT2D eigenvalue weighted by Gasteiger charge is 2.26. The van der Waals surface area contributed by atoms with Gasteiger partial charge in [-0.2, -0.15) is 4.98 Å². The molecule has 1 aliphatic carbocycles. The molecule has 0 bridgehead atoms. The van der Waals surface area contributed by atoms with Crippen LogP contribution in [0.5, 0.6) is 0 Å². The summed E-state index contributed by atoms with van der Waals surface area (Å²) in [6.07, 6.45) is 3.30. The summed E-state index contributed by atoms with van der Waals surface area (Å²) in [6, 6.07) is 6.63. The molecule has 26 heavy (non-hydrogen) atoms. The summed E-state index contributed by atoms with van der Waals surface area (Å²) >= 11 is 7.07. The lowest BCUT2D eigenvalue weighted by Crippen LogP contribution is -2.12. The van der Waals surface area contributed by atoms with Crippen LogP contribution in [-0.2, 0) is 10.0 Å². The molecule has 9 heteroatoms. The van der Waals surface area contributed by atoms with Crippen LogP contribution >= 0.6 is 22.9 Å².